The van der Waals surface area contributed by atoms with Gasteiger partial charge in [0.15, 0.2) is 23.0 Å². The van der Waals surface area contributed by atoms with E-state index in [2.05, 4.69) is 0 Å². The lowest BCUT2D eigenvalue weighted by Gasteiger charge is -2.19. The Balaban J connectivity index is 1.61. The first-order valence-electron chi connectivity index (χ1n) is 13.1. The smallest absolute Gasteiger partial charge is 0.328 e. The van der Waals surface area contributed by atoms with Crippen molar-refractivity contribution in [2.24, 2.45) is 0 Å². The molecule has 4 atom stereocenters. The first-order chi connectivity index (χ1) is 21.3. The van der Waals surface area contributed by atoms with E-state index < -0.39 is 57.0 Å². The van der Waals surface area contributed by atoms with Gasteiger partial charge >= 0.3 is 17.9 Å². The number of hydrogen-bond donors (Lipinski definition) is 4. The van der Waals surface area contributed by atoms with Crippen LogP contribution in [0.2, 0.25) is 0 Å². The Bertz CT molecular complexity index is 1860. The number of ether oxygens (including phenoxy) is 5. The average Bonchev–Trinajstić information content (AvgIpc) is 3.57. The Morgan fingerprint density at radius 1 is 0.733 bits per heavy atom. The molecule has 4 unspecified atom stereocenters. The average molecular weight is 643 g/mol. The number of aliphatic carboxylic acids is 3. The molecule has 3 aromatic rings. The number of carbonyl (C=O) groups is 3. The van der Waals surface area contributed by atoms with Gasteiger partial charge in [0, 0.05) is 17.2 Å². The van der Waals surface area contributed by atoms with Crippen molar-refractivity contribution in [3.05, 3.63) is 76.4 Å². The molecule has 45 heavy (non-hydrogen) atoms. The first kappa shape index (κ1) is 31.2. The molecular formula is C30H26O14S. The molecule has 0 amide bonds. The third-order valence-corrected chi connectivity index (χ3v) is 8.38. The van der Waals surface area contributed by atoms with Gasteiger partial charge in [-0.1, -0.05) is 6.07 Å². The largest absolute Gasteiger partial charge is 0.495 e. The van der Waals surface area contributed by atoms with Gasteiger partial charge in [0.25, 0.3) is 10.1 Å². The molecule has 0 saturated heterocycles. The van der Waals surface area contributed by atoms with Gasteiger partial charge in [-0.05, 0) is 59.2 Å². The lowest BCUT2D eigenvalue weighted by atomic mass is 9.86. The van der Waals surface area contributed by atoms with Crippen LogP contribution in [-0.2, 0) is 24.5 Å². The number of carboxylic acid groups (broad SMARTS) is 3. The molecule has 4 N–H and O–H groups in total. The van der Waals surface area contributed by atoms with Crippen molar-refractivity contribution < 1.29 is 66.4 Å². The van der Waals surface area contributed by atoms with Crippen molar-refractivity contribution in [3.8, 4) is 28.7 Å². The van der Waals surface area contributed by atoms with E-state index in [1.807, 2.05) is 0 Å². The van der Waals surface area contributed by atoms with E-state index in [0.717, 1.165) is 12.1 Å². The highest BCUT2D eigenvalue weighted by atomic mass is 32.2. The molecule has 0 fully saturated rings. The fourth-order valence-corrected chi connectivity index (χ4v) is 6.21. The summed E-state index contributed by atoms with van der Waals surface area (Å²) < 4.78 is 61.3. The topological polar surface area (TPSA) is 212 Å². The van der Waals surface area contributed by atoms with Gasteiger partial charge in [-0.25, -0.2) is 4.79 Å². The summed E-state index contributed by atoms with van der Waals surface area (Å²) in [7, 11) is -0.803. The number of carboxylic acids is 3. The second kappa shape index (κ2) is 11.7. The van der Waals surface area contributed by atoms with Crippen LogP contribution in [0.15, 0.2) is 53.4 Å². The second-order valence-electron chi connectivity index (χ2n) is 10.0. The molecule has 5 rings (SSSR count). The van der Waals surface area contributed by atoms with E-state index >= 15 is 0 Å². The molecule has 0 bridgehead atoms. The van der Waals surface area contributed by atoms with E-state index in [4.69, 9.17) is 28.8 Å². The van der Waals surface area contributed by atoms with Crippen LogP contribution in [0, 0.1) is 0 Å². The maximum atomic E-state index is 12.7. The van der Waals surface area contributed by atoms with Crippen LogP contribution >= 0.6 is 0 Å². The van der Waals surface area contributed by atoms with Gasteiger partial charge in [0.2, 0.25) is 0 Å². The Kier molecular flexibility index (Phi) is 8.08. The van der Waals surface area contributed by atoms with Crippen LogP contribution in [0.25, 0.3) is 6.08 Å². The summed E-state index contributed by atoms with van der Waals surface area (Å²) >= 11 is 0. The van der Waals surface area contributed by atoms with Crippen molar-refractivity contribution in [1.82, 2.24) is 0 Å². The van der Waals surface area contributed by atoms with Gasteiger partial charge < -0.3 is 39.0 Å². The highest BCUT2D eigenvalue weighted by Crippen LogP contribution is 2.56. The van der Waals surface area contributed by atoms with Crippen molar-refractivity contribution >= 4 is 34.1 Å². The fourth-order valence-electron chi connectivity index (χ4n) is 5.57. The van der Waals surface area contributed by atoms with Gasteiger partial charge in [-0.15, -0.1) is 0 Å². The molecule has 3 aromatic carbocycles. The minimum absolute atomic E-state index is 0.0672. The van der Waals surface area contributed by atoms with E-state index in [-0.39, 0.29) is 51.0 Å². The second-order valence-corrected chi connectivity index (χ2v) is 11.4. The number of fused-ring (bicyclic) bond motifs is 2. The van der Waals surface area contributed by atoms with Crippen LogP contribution in [0.4, 0.5) is 0 Å². The lowest BCUT2D eigenvalue weighted by Crippen LogP contribution is -2.20. The molecule has 0 saturated carbocycles. The van der Waals surface area contributed by atoms with Crippen LogP contribution in [-0.4, -0.2) is 67.5 Å². The van der Waals surface area contributed by atoms with Crippen LogP contribution < -0.4 is 23.7 Å². The minimum Gasteiger partial charge on any atom is -0.495 e. The SMILES string of the molecule is COc1cc(C2Oc3c(OC)cc(C4Oc5c(OC)cc(/C=C/C(=O)O)cc5C4C(=O)O)cc3C2C(=O)O)ccc1S(=O)(=O)O. The van der Waals surface area contributed by atoms with Crippen LogP contribution in [0.1, 0.15) is 51.9 Å². The van der Waals surface area contributed by atoms with Gasteiger partial charge in [0.05, 0.1) is 21.3 Å². The first-order valence-corrected chi connectivity index (χ1v) is 14.5. The molecule has 0 aliphatic carbocycles. The molecule has 2 heterocycles. The van der Waals surface area contributed by atoms with E-state index in [9.17, 15) is 37.6 Å². The number of methoxy groups -OCH3 is 3. The predicted octanol–water partition coefficient (Wildman–Crippen LogP) is 3.66. The Morgan fingerprint density at radius 2 is 1.24 bits per heavy atom. The summed E-state index contributed by atoms with van der Waals surface area (Å²) in [5.74, 6) is -6.27. The number of hydrogen-bond acceptors (Lipinski definition) is 10. The number of rotatable bonds is 10. The molecule has 15 heteroatoms. The number of benzene rings is 3. The molecule has 0 radical (unpaired) electrons. The summed E-state index contributed by atoms with van der Waals surface area (Å²) in [6.07, 6.45) is -0.217. The molecule has 2 aliphatic rings. The monoisotopic (exact) mass is 642 g/mol. The summed E-state index contributed by atoms with van der Waals surface area (Å²) in [5.41, 5.74) is 1.17. The normalized spacial score (nSPS) is 20.1. The molecule has 2 aliphatic heterocycles. The van der Waals surface area contributed by atoms with Gasteiger partial charge in [-0.2, -0.15) is 8.42 Å². The highest BCUT2D eigenvalue weighted by molar-refractivity contribution is 7.86. The molecule has 0 spiro atoms. The zero-order valence-electron chi connectivity index (χ0n) is 23.8. The zero-order chi connectivity index (χ0) is 32.8. The summed E-state index contributed by atoms with van der Waals surface area (Å²) in [6.45, 7) is 0. The minimum atomic E-state index is -4.65. The standard InChI is InChI=1S/C30H26O14S/c1-40-18-11-14(5-6-21(18)45(37,38)39)25-24(30(35)36)17-10-15(12-20(42-3)28(17)43-25)26-23(29(33)34)16-8-13(4-7-22(31)32)9-19(41-2)27(16)44-26/h4-12,23-26H,1-3H3,(H,31,32)(H,33,34)(H,35,36)(H,37,38,39)/b7-4+. The van der Waals surface area contributed by atoms with Crippen LogP contribution in [0.5, 0.6) is 28.7 Å². The third kappa shape index (κ3) is 5.58. The summed E-state index contributed by atoms with van der Waals surface area (Å²) in [5, 5.41) is 29.6. The summed E-state index contributed by atoms with van der Waals surface area (Å²) in [6, 6.07) is 9.46. The predicted molar refractivity (Wildman–Crippen MR) is 153 cm³/mol. The van der Waals surface area contributed by atoms with Crippen molar-refractivity contribution in [1.29, 1.82) is 0 Å². The molecule has 0 aromatic heterocycles. The Hall–Kier alpha value is -5.28. The highest BCUT2D eigenvalue weighted by Gasteiger charge is 2.47. The van der Waals surface area contributed by atoms with E-state index in [1.54, 1.807) is 0 Å². The third-order valence-electron chi connectivity index (χ3n) is 7.49. The summed E-state index contributed by atoms with van der Waals surface area (Å²) in [4.78, 5) is 35.8. The lowest BCUT2D eigenvalue weighted by molar-refractivity contribution is -0.141. The molecular weight excluding hydrogens is 616 g/mol. The fraction of sp³-hybridized carbons (Fsp3) is 0.233. The Morgan fingerprint density at radius 3 is 1.76 bits per heavy atom. The van der Waals surface area contributed by atoms with E-state index in [1.165, 1.54) is 63.8 Å². The zero-order valence-corrected chi connectivity index (χ0v) is 24.6. The molecule has 14 nitrogen and oxygen atoms in total. The maximum Gasteiger partial charge on any atom is 0.328 e. The van der Waals surface area contributed by atoms with Crippen molar-refractivity contribution in [2.45, 2.75) is 28.9 Å². The maximum absolute atomic E-state index is 12.7. The van der Waals surface area contributed by atoms with Gasteiger partial charge in [-0.3, -0.25) is 14.1 Å². The van der Waals surface area contributed by atoms with Crippen LogP contribution in [0.3, 0.4) is 0 Å². The quantitative estimate of drug-likeness (QED) is 0.184. The van der Waals surface area contributed by atoms with Gasteiger partial charge in [0.1, 0.15) is 34.7 Å². The molecule has 236 valence electrons. The van der Waals surface area contributed by atoms with Crippen molar-refractivity contribution in [2.75, 3.05) is 21.3 Å². The van der Waals surface area contributed by atoms with E-state index in [0.29, 0.717) is 5.56 Å². The Labute approximate surface area is 255 Å². The van der Waals surface area contributed by atoms with Crippen molar-refractivity contribution in [3.63, 3.8) is 0 Å².